The standard InChI is InChI=1S/C12H24N2O3S/c1-9(11(15)14-12(2,3)4)13-10-6-5-7-18(16,17)8-10/h9-10,13H,5-8H2,1-4H3,(H,14,15). The summed E-state index contributed by atoms with van der Waals surface area (Å²) in [5.41, 5.74) is -0.272. The first kappa shape index (κ1) is 15.4. The zero-order valence-electron chi connectivity index (χ0n) is 11.6. The number of hydrogen-bond acceptors (Lipinski definition) is 4. The summed E-state index contributed by atoms with van der Waals surface area (Å²) < 4.78 is 23.0. The number of rotatable bonds is 3. The van der Waals surface area contributed by atoms with Gasteiger partial charge in [-0.25, -0.2) is 8.42 Å². The molecule has 0 aromatic carbocycles. The SMILES string of the molecule is CC(NC1CCCS(=O)(=O)C1)C(=O)NC(C)(C)C. The lowest BCUT2D eigenvalue weighted by Crippen LogP contribution is -2.53. The monoisotopic (exact) mass is 276 g/mol. The summed E-state index contributed by atoms with van der Waals surface area (Å²) in [4.78, 5) is 11.9. The molecule has 0 radical (unpaired) electrons. The molecule has 6 heteroatoms. The number of carbonyl (C=O) groups excluding carboxylic acids is 1. The van der Waals surface area contributed by atoms with Crippen LogP contribution in [-0.2, 0) is 14.6 Å². The van der Waals surface area contributed by atoms with Crippen molar-refractivity contribution in [2.75, 3.05) is 11.5 Å². The lowest BCUT2D eigenvalue weighted by atomic mass is 10.1. The highest BCUT2D eigenvalue weighted by molar-refractivity contribution is 7.91. The third kappa shape index (κ3) is 5.35. The van der Waals surface area contributed by atoms with Crippen LogP contribution < -0.4 is 10.6 Å². The Kier molecular flexibility index (Phi) is 4.78. The summed E-state index contributed by atoms with van der Waals surface area (Å²) in [6.07, 6.45) is 1.49. The average molecular weight is 276 g/mol. The van der Waals surface area contributed by atoms with Crippen molar-refractivity contribution >= 4 is 15.7 Å². The lowest BCUT2D eigenvalue weighted by Gasteiger charge is -2.28. The van der Waals surface area contributed by atoms with Crippen LogP contribution in [0.3, 0.4) is 0 Å². The third-order valence-corrected chi connectivity index (χ3v) is 4.66. The predicted molar refractivity (Wildman–Crippen MR) is 72.2 cm³/mol. The van der Waals surface area contributed by atoms with E-state index in [9.17, 15) is 13.2 Å². The van der Waals surface area contributed by atoms with Crippen LogP contribution in [0.2, 0.25) is 0 Å². The molecule has 0 aromatic rings. The second kappa shape index (κ2) is 5.57. The summed E-state index contributed by atoms with van der Waals surface area (Å²) in [5.74, 6) is 0.318. The molecule has 1 aliphatic heterocycles. The number of hydrogen-bond donors (Lipinski definition) is 2. The van der Waals surface area contributed by atoms with Crippen molar-refractivity contribution in [2.45, 2.75) is 58.2 Å². The zero-order chi connectivity index (χ0) is 14.0. The first-order valence-electron chi connectivity index (χ1n) is 6.37. The van der Waals surface area contributed by atoms with E-state index in [2.05, 4.69) is 10.6 Å². The molecule has 106 valence electrons. The first-order chi connectivity index (χ1) is 8.09. The van der Waals surface area contributed by atoms with Crippen LogP contribution in [0.5, 0.6) is 0 Å². The number of sulfone groups is 1. The van der Waals surface area contributed by atoms with E-state index in [0.29, 0.717) is 6.42 Å². The molecule has 2 N–H and O–H groups in total. The molecule has 2 unspecified atom stereocenters. The summed E-state index contributed by atoms with van der Waals surface area (Å²) in [5, 5.41) is 5.98. The first-order valence-corrected chi connectivity index (χ1v) is 8.20. The quantitative estimate of drug-likeness (QED) is 0.785. The molecule has 0 spiro atoms. The van der Waals surface area contributed by atoms with Crippen molar-refractivity contribution in [1.29, 1.82) is 0 Å². The highest BCUT2D eigenvalue weighted by Crippen LogP contribution is 2.12. The Balaban J connectivity index is 2.49. The summed E-state index contributed by atoms with van der Waals surface area (Å²) >= 11 is 0. The van der Waals surface area contributed by atoms with Crippen molar-refractivity contribution in [2.24, 2.45) is 0 Å². The van der Waals surface area contributed by atoms with E-state index in [1.165, 1.54) is 0 Å². The third-order valence-electron chi connectivity index (χ3n) is 2.84. The Labute approximate surface area is 110 Å². The van der Waals surface area contributed by atoms with Gasteiger partial charge in [0.15, 0.2) is 9.84 Å². The number of carbonyl (C=O) groups is 1. The van der Waals surface area contributed by atoms with E-state index in [1.54, 1.807) is 6.92 Å². The zero-order valence-corrected chi connectivity index (χ0v) is 12.4. The minimum Gasteiger partial charge on any atom is -0.350 e. The second-order valence-corrected chi connectivity index (χ2v) is 8.31. The van der Waals surface area contributed by atoms with Gasteiger partial charge in [0, 0.05) is 11.6 Å². The van der Waals surface area contributed by atoms with E-state index in [1.807, 2.05) is 20.8 Å². The van der Waals surface area contributed by atoms with Gasteiger partial charge in [-0.05, 0) is 40.5 Å². The Morgan fingerprint density at radius 3 is 2.44 bits per heavy atom. The van der Waals surface area contributed by atoms with Gasteiger partial charge in [-0.1, -0.05) is 0 Å². The maximum atomic E-state index is 11.9. The van der Waals surface area contributed by atoms with E-state index < -0.39 is 9.84 Å². The largest absolute Gasteiger partial charge is 0.350 e. The van der Waals surface area contributed by atoms with E-state index in [-0.39, 0.29) is 35.0 Å². The average Bonchev–Trinajstić information content (AvgIpc) is 2.12. The van der Waals surface area contributed by atoms with Crippen LogP contribution >= 0.6 is 0 Å². The molecule has 1 aliphatic rings. The molecular formula is C12H24N2O3S. The van der Waals surface area contributed by atoms with Crippen LogP contribution in [-0.4, -0.2) is 43.5 Å². The van der Waals surface area contributed by atoms with Gasteiger partial charge in [0.25, 0.3) is 0 Å². The molecule has 0 bridgehead atoms. The molecule has 1 amide bonds. The molecule has 0 aromatic heterocycles. The Morgan fingerprint density at radius 2 is 1.94 bits per heavy atom. The molecule has 0 saturated carbocycles. The van der Waals surface area contributed by atoms with Crippen molar-refractivity contribution in [3.8, 4) is 0 Å². The molecule has 1 heterocycles. The molecule has 1 rings (SSSR count). The fourth-order valence-corrected chi connectivity index (χ4v) is 3.71. The van der Waals surface area contributed by atoms with Crippen LogP contribution in [0.15, 0.2) is 0 Å². The van der Waals surface area contributed by atoms with Crippen LogP contribution in [0, 0.1) is 0 Å². The predicted octanol–water partition coefficient (Wildman–Crippen LogP) is 0.456. The van der Waals surface area contributed by atoms with Gasteiger partial charge in [-0.3, -0.25) is 4.79 Å². The van der Waals surface area contributed by atoms with Crippen molar-refractivity contribution in [1.82, 2.24) is 10.6 Å². The van der Waals surface area contributed by atoms with Crippen molar-refractivity contribution in [3.63, 3.8) is 0 Å². The summed E-state index contributed by atoms with van der Waals surface area (Å²) in [7, 11) is -2.93. The molecule has 1 fully saturated rings. The number of nitrogens with one attached hydrogen (secondary N) is 2. The fourth-order valence-electron chi connectivity index (χ4n) is 2.06. The van der Waals surface area contributed by atoms with Gasteiger partial charge in [-0.15, -0.1) is 0 Å². The molecule has 5 nitrogen and oxygen atoms in total. The van der Waals surface area contributed by atoms with Gasteiger partial charge in [0.05, 0.1) is 17.5 Å². The van der Waals surface area contributed by atoms with Crippen LogP contribution in [0.4, 0.5) is 0 Å². The van der Waals surface area contributed by atoms with Gasteiger partial charge < -0.3 is 10.6 Å². The van der Waals surface area contributed by atoms with Gasteiger partial charge >= 0.3 is 0 Å². The van der Waals surface area contributed by atoms with Gasteiger partial charge in [0.1, 0.15) is 0 Å². The Hall–Kier alpha value is -0.620. The number of amides is 1. The molecule has 2 atom stereocenters. The molecule has 0 aliphatic carbocycles. The minimum atomic E-state index is -2.93. The minimum absolute atomic E-state index is 0.0922. The molecule has 18 heavy (non-hydrogen) atoms. The normalized spacial score (nSPS) is 25.4. The van der Waals surface area contributed by atoms with Crippen molar-refractivity contribution in [3.05, 3.63) is 0 Å². The van der Waals surface area contributed by atoms with E-state index in [4.69, 9.17) is 0 Å². The van der Waals surface area contributed by atoms with E-state index in [0.717, 1.165) is 6.42 Å². The van der Waals surface area contributed by atoms with Gasteiger partial charge in [0.2, 0.25) is 5.91 Å². The van der Waals surface area contributed by atoms with Crippen LogP contribution in [0.25, 0.3) is 0 Å². The second-order valence-electron chi connectivity index (χ2n) is 6.08. The lowest BCUT2D eigenvalue weighted by molar-refractivity contribution is -0.124. The van der Waals surface area contributed by atoms with Gasteiger partial charge in [-0.2, -0.15) is 0 Å². The molecule has 1 saturated heterocycles. The van der Waals surface area contributed by atoms with E-state index >= 15 is 0 Å². The topological polar surface area (TPSA) is 75.3 Å². The fraction of sp³-hybridized carbons (Fsp3) is 0.917. The maximum absolute atomic E-state index is 11.9. The maximum Gasteiger partial charge on any atom is 0.237 e. The van der Waals surface area contributed by atoms with Crippen LogP contribution in [0.1, 0.15) is 40.5 Å². The highest BCUT2D eigenvalue weighted by Gasteiger charge is 2.28. The smallest absolute Gasteiger partial charge is 0.237 e. The Morgan fingerprint density at radius 1 is 1.33 bits per heavy atom. The Bertz CT molecular complexity index is 398. The molecular weight excluding hydrogens is 252 g/mol. The van der Waals surface area contributed by atoms with Crippen molar-refractivity contribution < 1.29 is 13.2 Å². The summed E-state index contributed by atoms with van der Waals surface area (Å²) in [6.45, 7) is 7.52. The summed E-state index contributed by atoms with van der Waals surface area (Å²) in [6, 6.07) is -0.480. The highest BCUT2D eigenvalue weighted by atomic mass is 32.2.